The van der Waals surface area contributed by atoms with Gasteiger partial charge in [0.15, 0.2) is 0 Å². The molecule has 0 amide bonds. The minimum atomic E-state index is -0.604. The van der Waals surface area contributed by atoms with Crippen molar-refractivity contribution in [2.75, 3.05) is 33.9 Å². The highest BCUT2D eigenvalue weighted by atomic mass is 16.5. The fraction of sp³-hybridized carbons (Fsp3) is 0.375. The summed E-state index contributed by atoms with van der Waals surface area (Å²) in [5, 5.41) is 0. The van der Waals surface area contributed by atoms with Crippen LogP contribution < -0.4 is 4.74 Å². The minimum absolute atomic E-state index is 0.306. The van der Waals surface area contributed by atoms with Gasteiger partial charge in [-0.1, -0.05) is 84.6 Å². The molecule has 0 atom stereocenters. The number of unbranched alkanes of at least 4 members (excludes halogenated alkanes) is 3. The maximum absolute atomic E-state index is 13.5. The molecule has 44 heavy (non-hydrogen) atoms. The van der Waals surface area contributed by atoms with E-state index in [-0.39, 0.29) is 5.97 Å². The molecule has 0 N–H and O–H groups in total. The lowest BCUT2D eigenvalue weighted by atomic mass is 9.66. The number of esters is 1. The zero-order valence-electron chi connectivity index (χ0n) is 27.5. The number of nitrogens with zero attached hydrogens (tertiary/aromatic N) is 1. The van der Waals surface area contributed by atoms with E-state index in [9.17, 15) is 4.79 Å². The van der Waals surface area contributed by atoms with E-state index in [1.165, 1.54) is 62.9 Å². The number of hydrogen-bond acceptors (Lipinski definition) is 4. The molecule has 0 fully saturated rings. The van der Waals surface area contributed by atoms with E-state index in [1.807, 2.05) is 19.1 Å². The van der Waals surface area contributed by atoms with Gasteiger partial charge in [0.25, 0.3) is 0 Å². The van der Waals surface area contributed by atoms with E-state index in [2.05, 4.69) is 107 Å². The topological polar surface area (TPSA) is 38.8 Å². The molecule has 1 aliphatic rings. The van der Waals surface area contributed by atoms with Crippen molar-refractivity contribution in [1.29, 1.82) is 0 Å². The summed E-state index contributed by atoms with van der Waals surface area (Å²) in [6.07, 6.45) is 4.39. The first kappa shape index (κ1) is 31.5. The number of rotatable bonds is 12. The van der Waals surface area contributed by atoms with Crippen LogP contribution in [-0.2, 0) is 10.2 Å². The molecular formula is C40H47NO3. The van der Waals surface area contributed by atoms with Gasteiger partial charge in [-0.3, -0.25) is 0 Å². The van der Waals surface area contributed by atoms with Gasteiger partial charge in [-0.2, -0.15) is 0 Å². The van der Waals surface area contributed by atoms with Crippen molar-refractivity contribution >= 4 is 5.97 Å². The lowest BCUT2D eigenvalue weighted by Crippen LogP contribution is -2.29. The molecule has 0 unspecified atom stereocenters. The highest BCUT2D eigenvalue weighted by Gasteiger charge is 2.47. The largest absolute Gasteiger partial charge is 0.493 e. The lowest BCUT2D eigenvalue weighted by Gasteiger charge is -2.35. The summed E-state index contributed by atoms with van der Waals surface area (Å²) < 4.78 is 11.9. The Morgan fingerprint density at radius 2 is 1.32 bits per heavy atom. The highest BCUT2D eigenvalue weighted by molar-refractivity contribution is 5.94. The van der Waals surface area contributed by atoms with Gasteiger partial charge in [-0.05, 0) is 125 Å². The number of carbonyl (C=O) groups excluding carboxylic acids is 1. The van der Waals surface area contributed by atoms with Crippen molar-refractivity contribution < 1.29 is 14.3 Å². The van der Waals surface area contributed by atoms with Crippen LogP contribution >= 0.6 is 0 Å². The molecule has 0 spiro atoms. The van der Waals surface area contributed by atoms with Crippen LogP contribution in [0.3, 0.4) is 0 Å². The molecule has 4 aromatic carbocycles. The smallest absolute Gasteiger partial charge is 0.341 e. The third kappa shape index (κ3) is 6.05. The molecule has 0 aliphatic heterocycles. The van der Waals surface area contributed by atoms with Gasteiger partial charge in [0, 0.05) is 0 Å². The minimum Gasteiger partial charge on any atom is -0.493 e. The van der Waals surface area contributed by atoms with E-state index in [0.717, 1.165) is 24.9 Å². The van der Waals surface area contributed by atoms with Crippen LogP contribution in [-0.4, -0.2) is 44.7 Å². The Morgan fingerprint density at radius 3 is 1.93 bits per heavy atom. The Kier molecular flexibility index (Phi) is 9.60. The second kappa shape index (κ2) is 13.4. The first-order valence-corrected chi connectivity index (χ1v) is 16.1. The first-order valence-electron chi connectivity index (χ1n) is 16.1. The van der Waals surface area contributed by atoms with E-state index in [4.69, 9.17) is 9.47 Å². The van der Waals surface area contributed by atoms with E-state index in [1.54, 1.807) is 0 Å². The number of hydrogen-bond donors (Lipinski definition) is 0. The third-order valence-electron chi connectivity index (χ3n) is 9.05. The second-order valence-corrected chi connectivity index (χ2v) is 12.6. The quantitative estimate of drug-likeness (QED) is 0.108. The predicted octanol–water partition coefficient (Wildman–Crippen LogP) is 8.96. The van der Waals surface area contributed by atoms with Crippen LogP contribution in [0.5, 0.6) is 5.75 Å². The van der Waals surface area contributed by atoms with Gasteiger partial charge < -0.3 is 14.4 Å². The van der Waals surface area contributed by atoms with E-state index < -0.39 is 5.41 Å². The molecule has 4 nitrogen and oxygen atoms in total. The molecule has 0 heterocycles. The van der Waals surface area contributed by atoms with Crippen LogP contribution in [0.4, 0.5) is 0 Å². The number of fused-ring (bicyclic) bond motifs is 3. The van der Waals surface area contributed by atoms with Gasteiger partial charge >= 0.3 is 5.97 Å². The first-order chi connectivity index (χ1) is 21.2. The van der Waals surface area contributed by atoms with Crippen molar-refractivity contribution in [1.82, 2.24) is 4.90 Å². The monoisotopic (exact) mass is 589 g/mol. The van der Waals surface area contributed by atoms with Crippen LogP contribution in [0, 0.1) is 27.7 Å². The Morgan fingerprint density at radius 1 is 0.705 bits per heavy atom. The summed E-state index contributed by atoms with van der Waals surface area (Å²) in [6, 6.07) is 26.5. The van der Waals surface area contributed by atoms with Crippen molar-refractivity contribution in [3.63, 3.8) is 0 Å². The van der Waals surface area contributed by atoms with Gasteiger partial charge in [-0.15, -0.1) is 0 Å². The average Bonchev–Trinajstić information content (AvgIpc) is 3.27. The molecule has 0 bridgehead atoms. The van der Waals surface area contributed by atoms with Crippen LogP contribution in [0.2, 0.25) is 0 Å². The van der Waals surface area contributed by atoms with Crippen molar-refractivity contribution in [3.8, 4) is 16.9 Å². The molecule has 230 valence electrons. The fourth-order valence-electron chi connectivity index (χ4n) is 6.64. The number of aryl methyl sites for hydroxylation is 4. The summed E-state index contributed by atoms with van der Waals surface area (Å²) in [4.78, 5) is 15.7. The van der Waals surface area contributed by atoms with Gasteiger partial charge in [0.1, 0.15) is 11.3 Å². The number of carbonyl (C=O) groups is 1. The van der Waals surface area contributed by atoms with Gasteiger partial charge in [0.2, 0.25) is 0 Å². The fourth-order valence-corrected chi connectivity index (χ4v) is 6.64. The number of ether oxygens (including phenoxy) is 2. The summed E-state index contributed by atoms with van der Waals surface area (Å²) >= 11 is 0. The van der Waals surface area contributed by atoms with Gasteiger partial charge in [-0.25, -0.2) is 4.79 Å². The molecule has 5 rings (SSSR count). The normalized spacial score (nSPS) is 13.1. The van der Waals surface area contributed by atoms with E-state index in [0.29, 0.717) is 24.5 Å². The molecular weight excluding hydrogens is 542 g/mol. The number of benzene rings is 4. The molecule has 4 heteroatoms. The Labute approximate surface area is 264 Å². The summed E-state index contributed by atoms with van der Waals surface area (Å²) in [5.41, 5.74) is 12.0. The maximum atomic E-state index is 13.5. The summed E-state index contributed by atoms with van der Waals surface area (Å²) in [5.74, 6) is 0.236. The van der Waals surface area contributed by atoms with E-state index >= 15 is 0 Å². The Hall–Kier alpha value is -3.89. The van der Waals surface area contributed by atoms with Crippen LogP contribution in [0.1, 0.15) is 87.5 Å². The third-order valence-corrected chi connectivity index (χ3v) is 9.05. The van der Waals surface area contributed by atoms with Crippen molar-refractivity contribution in [2.24, 2.45) is 0 Å². The SMILES string of the molecule is CCOC(=O)c1cc(C2(c3ccc(C)c(C)c3)c3cc(C)ccc3-c3ccc(C)cc32)ccc1OCCCCCCN(C)C. The molecule has 0 saturated carbocycles. The predicted molar refractivity (Wildman–Crippen MR) is 181 cm³/mol. The molecule has 0 aromatic heterocycles. The molecule has 1 aliphatic carbocycles. The standard InChI is InChI=1S/C40H47NO3/c1-8-43-39(42)35-26-32(17-20-38(35)44-22-12-10-9-11-21-41(6)7)40(31-16-15-29(4)30(5)25-31)36-23-27(2)13-18-33(36)34-19-14-28(3)24-37(34)40/h13-20,23-26H,8-12,21-22H2,1-7H3. The summed E-state index contributed by atoms with van der Waals surface area (Å²) in [7, 11) is 4.22. The lowest BCUT2D eigenvalue weighted by molar-refractivity contribution is 0.0521. The Balaban J connectivity index is 1.65. The zero-order valence-corrected chi connectivity index (χ0v) is 27.5. The molecule has 4 aromatic rings. The van der Waals surface area contributed by atoms with Crippen molar-refractivity contribution in [3.05, 3.63) is 123 Å². The van der Waals surface area contributed by atoms with Crippen LogP contribution in [0.15, 0.2) is 72.8 Å². The molecule has 0 saturated heterocycles. The Bertz CT molecular complexity index is 1600. The molecule has 0 radical (unpaired) electrons. The summed E-state index contributed by atoms with van der Waals surface area (Å²) in [6.45, 7) is 12.5. The second-order valence-electron chi connectivity index (χ2n) is 12.6. The maximum Gasteiger partial charge on any atom is 0.341 e. The average molecular weight is 590 g/mol. The van der Waals surface area contributed by atoms with Crippen LogP contribution in [0.25, 0.3) is 11.1 Å². The van der Waals surface area contributed by atoms with Gasteiger partial charge in [0.05, 0.1) is 18.6 Å². The van der Waals surface area contributed by atoms with Crippen molar-refractivity contribution in [2.45, 2.75) is 65.7 Å². The zero-order chi connectivity index (χ0) is 31.4. The highest BCUT2D eigenvalue weighted by Crippen LogP contribution is 2.57.